The highest BCUT2D eigenvalue weighted by Gasteiger charge is 2.45. The van der Waals surface area contributed by atoms with E-state index < -0.39 is 5.92 Å². The summed E-state index contributed by atoms with van der Waals surface area (Å²) in [5.74, 6) is -0.00932. The van der Waals surface area contributed by atoms with Crippen LogP contribution >= 0.6 is 0 Å². The van der Waals surface area contributed by atoms with Crippen LogP contribution in [0.4, 0.5) is 0 Å². The molecule has 0 radical (unpaired) electrons. The van der Waals surface area contributed by atoms with Crippen molar-refractivity contribution in [1.82, 2.24) is 10.0 Å². The van der Waals surface area contributed by atoms with Gasteiger partial charge in [0.2, 0.25) is 0 Å². The molecule has 33 heavy (non-hydrogen) atoms. The monoisotopic (exact) mass is 436 g/mol. The molecule has 0 saturated carbocycles. The Morgan fingerprint density at radius 2 is 1.61 bits per heavy atom. The van der Waals surface area contributed by atoms with E-state index >= 15 is 0 Å². The largest absolute Gasteiger partial charge is 0.383 e. The van der Waals surface area contributed by atoms with Gasteiger partial charge in [0.15, 0.2) is 5.78 Å². The third kappa shape index (κ3) is 3.21. The Hall–Kier alpha value is -3.62. The van der Waals surface area contributed by atoms with Crippen molar-refractivity contribution in [3.8, 4) is 6.07 Å². The van der Waals surface area contributed by atoms with E-state index in [0.29, 0.717) is 29.8 Å². The predicted octanol–water partition coefficient (Wildman–Crippen LogP) is 5.21. The summed E-state index contributed by atoms with van der Waals surface area (Å²) in [5.41, 5.74) is 9.53. The number of carbonyl (C=O) groups excluding carboxylic acids is 1. The van der Waals surface area contributed by atoms with Crippen LogP contribution in [0.15, 0.2) is 77.3 Å². The van der Waals surface area contributed by atoms with Gasteiger partial charge in [0, 0.05) is 31.8 Å². The standard InChI is InChI=1S/C28H28N4O/c1-28(2)14-22-26(23(33)15-28)25(21(16-29)27(30)32(22)31(3)4)24-19-11-7-5-9-17(19)13-18-10-6-8-12-20(18)24/h5-13,25H,14-15,30H2,1-4H3. The molecule has 5 nitrogen and oxygen atoms in total. The summed E-state index contributed by atoms with van der Waals surface area (Å²) < 4.78 is 0. The van der Waals surface area contributed by atoms with Gasteiger partial charge in [-0.1, -0.05) is 62.4 Å². The summed E-state index contributed by atoms with van der Waals surface area (Å²) in [6.07, 6.45) is 1.16. The Labute approximate surface area is 194 Å². The summed E-state index contributed by atoms with van der Waals surface area (Å²) in [5, 5.41) is 18.3. The lowest BCUT2D eigenvalue weighted by molar-refractivity contribution is -0.119. The molecule has 1 aliphatic heterocycles. The zero-order chi connectivity index (χ0) is 23.5. The summed E-state index contributed by atoms with van der Waals surface area (Å²) in [6.45, 7) is 4.23. The van der Waals surface area contributed by atoms with Crippen molar-refractivity contribution in [2.45, 2.75) is 32.6 Å². The lowest BCUT2D eigenvalue weighted by Crippen LogP contribution is -2.47. The van der Waals surface area contributed by atoms with Crippen LogP contribution in [0.3, 0.4) is 0 Å². The second kappa shape index (κ2) is 7.47. The minimum absolute atomic E-state index is 0.0929. The molecule has 1 unspecified atom stereocenters. The van der Waals surface area contributed by atoms with E-state index in [2.05, 4.69) is 50.2 Å². The Morgan fingerprint density at radius 3 is 2.15 bits per heavy atom. The molecule has 3 aromatic carbocycles. The van der Waals surface area contributed by atoms with Crippen molar-refractivity contribution in [2.75, 3.05) is 14.1 Å². The van der Waals surface area contributed by atoms with Gasteiger partial charge in [0.05, 0.1) is 17.6 Å². The van der Waals surface area contributed by atoms with Crippen LogP contribution in [-0.2, 0) is 4.79 Å². The molecule has 0 fully saturated rings. The van der Waals surface area contributed by atoms with Crippen molar-refractivity contribution in [2.24, 2.45) is 11.1 Å². The van der Waals surface area contributed by atoms with Gasteiger partial charge in [-0.2, -0.15) is 5.26 Å². The molecule has 0 spiro atoms. The van der Waals surface area contributed by atoms with Crippen molar-refractivity contribution in [3.05, 3.63) is 82.8 Å². The van der Waals surface area contributed by atoms with Crippen LogP contribution in [0.25, 0.3) is 21.5 Å². The van der Waals surface area contributed by atoms with Gasteiger partial charge < -0.3 is 5.73 Å². The van der Waals surface area contributed by atoms with E-state index in [1.165, 1.54) is 0 Å². The molecule has 2 N–H and O–H groups in total. The number of benzene rings is 3. The molecule has 0 saturated heterocycles. The number of fused-ring (bicyclic) bond motifs is 2. The maximum atomic E-state index is 13.8. The first-order valence-electron chi connectivity index (χ1n) is 11.3. The number of carbonyl (C=O) groups is 1. The first-order chi connectivity index (χ1) is 15.7. The Bertz CT molecular complexity index is 1370. The van der Waals surface area contributed by atoms with Gasteiger partial charge in [0.25, 0.3) is 0 Å². The second-order valence-electron chi connectivity index (χ2n) is 10.0. The maximum Gasteiger partial charge on any atom is 0.162 e. The normalized spacial score (nSPS) is 20.5. The highest BCUT2D eigenvalue weighted by Crippen LogP contribution is 2.51. The lowest BCUT2D eigenvalue weighted by atomic mass is 9.68. The van der Waals surface area contributed by atoms with Gasteiger partial charge >= 0.3 is 0 Å². The Balaban J connectivity index is 1.93. The van der Waals surface area contributed by atoms with E-state index in [-0.39, 0.29) is 11.2 Å². The molecule has 0 amide bonds. The summed E-state index contributed by atoms with van der Waals surface area (Å²) in [6, 6.07) is 20.9. The molecule has 1 atom stereocenters. The summed E-state index contributed by atoms with van der Waals surface area (Å²) >= 11 is 0. The molecular weight excluding hydrogens is 408 g/mol. The minimum Gasteiger partial charge on any atom is -0.383 e. The van der Waals surface area contributed by atoms with Crippen molar-refractivity contribution >= 4 is 27.3 Å². The number of rotatable bonds is 2. The van der Waals surface area contributed by atoms with Crippen LogP contribution in [0.5, 0.6) is 0 Å². The number of hydrogen-bond acceptors (Lipinski definition) is 5. The van der Waals surface area contributed by atoms with E-state index in [1.54, 1.807) is 0 Å². The molecule has 166 valence electrons. The molecule has 2 aliphatic rings. The quantitative estimate of drug-likeness (QED) is 0.559. The third-order valence-corrected chi connectivity index (χ3v) is 6.86. The molecule has 5 heteroatoms. The van der Waals surface area contributed by atoms with E-state index in [1.807, 2.05) is 48.4 Å². The van der Waals surface area contributed by atoms with Gasteiger partial charge in [-0.15, -0.1) is 0 Å². The smallest absolute Gasteiger partial charge is 0.162 e. The Kier molecular flexibility index (Phi) is 4.81. The number of nitrogens with zero attached hydrogens (tertiary/aromatic N) is 3. The van der Waals surface area contributed by atoms with Crippen molar-refractivity contribution in [3.63, 3.8) is 0 Å². The Morgan fingerprint density at radius 1 is 1.03 bits per heavy atom. The van der Waals surface area contributed by atoms with Crippen LogP contribution in [0, 0.1) is 16.7 Å². The molecule has 3 aromatic rings. The van der Waals surface area contributed by atoms with Crippen LogP contribution in [0.2, 0.25) is 0 Å². The maximum absolute atomic E-state index is 13.8. The molecule has 1 heterocycles. The fourth-order valence-electron chi connectivity index (χ4n) is 5.60. The molecule has 0 aromatic heterocycles. The van der Waals surface area contributed by atoms with E-state index in [0.717, 1.165) is 32.8 Å². The van der Waals surface area contributed by atoms with Crippen molar-refractivity contribution < 1.29 is 4.79 Å². The SMILES string of the molecule is CN(C)N1C(N)=C(C#N)C(c2c3ccccc3cc3ccccc23)C2=C1CC(C)(C)CC2=O. The topological polar surface area (TPSA) is 73.4 Å². The number of hydrogen-bond donors (Lipinski definition) is 1. The van der Waals surface area contributed by atoms with Crippen LogP contribution < -0.4 is 5.73 Å². The third-order valence-electron chi connectivity index (χ3n) is 6.86. The number of nitriles is 1. The molecule has 0 bridgehead atoms. The highest BCUT2D eigenvalue weighted by atomic mass is 16.1. The number of allylic oxidation sites excluding steroid dienone is 3. The van der Waals surface area contributed by atoms with Crippen LogP contribution in [0.1, 0.15) is 38.2 Å². The average molecular weight is 437 g/mol. The molecule has 5 rings (SSSR count). The van der Waals surface area contributed by atoms with Crippen LogP contribution in [-0.4, -0.2) is 29.9 Å². The average Bonchev–Trinajstić information content (AvgIpc) is 2.75. The fourth-order valence-corrected chi connectivity index (χ4v) is 5.60. The van der Waals surface area contributed by atoms with Gasteiger partial charge in [-0.3, -0.25) is 9.80 Å². The van der Waals surface area contributed by atoms with Gasteiger partial charge in [-0.05, 0) is 45.0 Å². The summed E-state index contributed by atoms with van der Waals surface area (Å²) in [7, 11) is 3.79. The fraction of sp³-hybridized carbons (Fsp3) is 0.286. The first-order valence-corrected chi connectivity index (χ1v) is 11.3. The van der Waals surface area contributed by atoms with E-state index in [4.69, 9.17) is 5.73 Å². The summed E-state index contributed by atoms with van der Waals surface area (Å²) in [4.78, 5) is 13.8. The van der Waals surface area contributed by atoms with Gasteiger partial charge in [0.1, 0.15) is 5.82 Å². The van der Waals surface area contributed by atoms with Gasteiger partial charge in [-0.25, -0.2) is 5.01 Å². The zero-order valence-corrected chi connectivity index (χ0v) is 19.5. The van der Waals surface area contributed by atoms with Crippen molar-refractivity contribution in [1.29, 1.82) is 5.26 Å². The highest BCUT2D eigenvalue weighted by molar-refractivity contribution is 6.07. The number of nitrogens with two attached hydrogens (primary N) is 1. The number of Topliss-reactive ketones (excluding diaryl/α,β-unsaturated/α-hetero) is 1. The molecular formula is C28H28N4O. The predicted molar refractivity (Wildman–Crippen MR) is 132 cm³/mol. The zero-order valence-electron chi connectivity index (χ0n) is 19.5. The number of ketones is 1. The van der Waals surface area contributed by atoms with E-state index in [9.17, 15) is 10.1 Å². The number of hydrazine groups is 1. The lowest BCUT2D eigenvalue weighted by Gasteiger charge is -2.46. The first kappa shape index (κ1) is 21.2. The molecule has 1 aliphatic carbocycles. The minimum atomic E-state index is -0.499. The second-order valence-corrected chi connectivity index (χ2v) is 10.0.